The molecule has 1 heterocycles. The van der Waals surface area contributed by atoms with Crippen LogP contribution in [0.1, 0.15) is 19.4 Å². The smallest absolute Gasteiger partial charge is 0.109 e. The van der Waals surface area contributed by atoms with Crippen molar-refractivity contribution in [2.75, 3.05) is 57.3 Å². The third-order valence-electron chi connectivity index (χ3n) is 4.47. The molecule has 4 nitrogen and oxygen atoms in total. The Balaban J connectivity index is 1.96. The molecule has 1 aliphatic rings. The minimum absolute atomic E-state index is 0.270. The average Bonchev–Trinajstić information content (AvgIpc) is 2.57. The van der Waals surface area contributed by atoms with Crippen LogP contribution in [-0.4, -0.2) is 67.4 Å². The van der Waals surface area contributed by atoms with Crippen molar-refractivity contribution in [2.24, 2.45) is 0 Å². The van der Waals surface area contributed by atoms with Crippen molar-refractivity contribution in [3.8, 4) is 0 Å². The minimum Gasteiger partial charge on any atom is -0.391 e. The van der Waals surface area contributed by atoms with E-state index in [1.165, 1.54) is 10.6 Å². The van der Waals surface area contributed by atoms with Gasteiger partial charge in [-0.3, -0.25) is 0 Å². The van der Waals surface area contributed by atoms with Crippen LogP contribution in [0.3, 0.4) is 0 Å². The number of thiocarbonyl (C=S) groups is 1. The second-order valence-electron chi connectivity index (χ2n) is 5.73. The van der Waals surface area contributed by atoms with Gasteiger partial charge in [-0.15, -0.1) is 0 Å². The summed E-state index contributed by atoms with van der Waals surface area (Å²) in [4.78, 5) is 7.06. The van der Waals surface area contributed by atoms with Gasteiger partial charge in [0.15, 0.2) is 0 Å². The van der Waals surface area contributed by atoms with E-state index in [-0.39, 0.29) is 6.61 Å². The molecule has 0 spiro atoms. The van der Waals surface area contributed by atoms with Crippen molar-refractivity contribution in [3.63, 3.8) is 0 Å². The third-order valence-corrected chi connectivity index (χ3v) is 4.96. The van der Waals surface area contributed by atoms with Gasteiger partial charge in [0.1, 0.15) is 11.5 Å². The van der Waals surface area contributed by atoms with Crippen molar-refractivity contribution in [1.29, 1.82) is 0 Å². The van der Waals surface area contributed by atoms with Gasteiger partial charge in [-0.05, 0) is 38.1 Å². The Labute approximate surface area is 139 Å². The summed E-state index contributed by atoms with van der Waals surface area (Å²) in [5.74, 6) is 0. The van der Waals surface area contributed by atoms with E-state index in [4.69, 9.17) is 17.3 Å². The summed E-state index contributed by atoms with van der Waals surface area (Å²) in [5.41, 5.74) is 2.39. The first-order valence-corrected chi connectivity index (χ1v) is 8.69. The standard InChI is InChI=1S/C17H27N3OS/c1-3-19(4-2)16-7-5-15(6-8-16)17(22)20-11-9-18(10-12-20)13-14-21/h5-8,21H,3-4,9-14H2,1-2H3/p+1. The van der Waals surface area contributed by atoms with Crippen LogP contribution in [0, 0.1) is 0 Å². The highest BCUT2D eigenvalue weighted by Gasteiger charge is 2.21. The van der Waals surface area contributed by atoms with Crippen LogP contribution in [0.15, 0.2) is 24.3 Å². The number of nitrogens with one attached hydrogen (secondary N) is 1. The lowest BCUT2D eigenvalue weighted by Gasteiger charge is -2.33. The highest BCUT2D eigenvalue weighted by molar-refractivity contribution is 7.80. The zero-order valence-electron chi connectivity index (χ0n) is 13.7. The van der Waals surface area contributed by atoms with Gasteiger partial charge in [-0.2, -0.15) is 0 Å². The zero-order valence-corrected chi connectivity index (χ0v) is 14.5. The fraction of sp³-hybridized carbons (Fsp3) is 0.588. The van der Waals surface area contributed by atoms with Gasteiger partial charge in [-0.1, -0.05) is 12.2 Å². The highest BCUT2D eigenvalue weighted by atomic mass is 32.1. The van der Waals surface area contributed by atoms with Crippen LogP contribution in [-0.2, 0) is 0 Å². The Bertz CT molecular complexity index is 465. The predicted octanol–water partition coefficient (Wildman–Crippen LogP) is 0.401. The van der Waals surface area contributed by atoms with Crippen LogP contribution < -0.4 is 9.80 Å². The summed E-state index contributed by atoms with van der Waals surface area (Å²) >= 11 is 5.66. The molecule has 0 bridgehead atoms. The Hall–Kier alpha value is -1.17. The third kappa shape index (κ3) is 4.18. The van der Waals surface area contributed by atoms with E-state index in [0.29, 0.717) is 0 Å². The number of hydrogen-bond donors (Lipinski definition) is 2. The number of rotatable bonds is 6. The van der Waals surface area contributed by atoms with E-state index in [1.807, 2.05) is 0 Å². The van der Waals surface area contributed by atoms with Crippen LogP contribution in [0.25, 0.3) is 0 Å². The summed E-state index contributed by atoms with van der Waals surface area (Å²) in [6.45, 7) is 11.6. The quantitative estimate of drug-likeness (QED) is 0.743. The molecule has 1 saturated heterocycles. The molecular formula is C17H28N3OS+. The molecule has 0 saturated carbocycles. The van der Waals surface area contributed by atoms with E-state index in [1.54, 1.807) is 0 Å². The largest absolute Gasteiger partial charge is 0.391 e. The summed E-state index contributed by atoms with van der Waals surface area (Å²) < 4.78 is 0. The second kappa shape index (κ2) is 8.46. The molecule has 1 aromatic rings. The van der Waals surface area contributed by atoms with Crippen molar-refractivity contribution >= 4 is 22.9 Å². The average molecular weight is 322 g/mol. The Kier molecular flexibility index (Phi) is 6.61. The van der Waals surface area contributed by atoms with E-state index < -0.39 is 0 Å². The number of quaternary nitrogens is 1. The second-order valence-corrected chi connectivity index (χ2v) is 6.12. The maximum Gasteiger partial charge on any atom is 0.109 e. The molecule has 1 aromatic carbocycles. The lowest BCUT2D eigenvalue weighted by atomic mass is 10.1. The summed E-state index contributed by atoms with van der Waals surface area (Å²) in [6, 6.07) is 8.62. The van der Waals surface area contributed by atoms with Crippen molar-refractivity contribution in [2.45, 2.75) is 13.8 Å². The molecule has 1 fully saturated rings. The molecule has 1 aliphatic heterocycles. The molecule has 22 heavy (non-hydrogen) atoms. The zero-order chi connectivity index (χ0) is 15.9. The number of anilines is 1. The number of hydrogen-bond acceptors (Lipinski definition) is 3. The molecular weight excluding hydrogens is 294 g/mol. The summed E-state index contributed by atoms with van der Waals surface area (Å²) in [5, 5.41) is 9.02. The van der Waals surface area contributed by atoms with Gasteiger partial charge in [0.05, 0.1) is 32.8 Å². The predicted molar refractivity (Wildman–Crippen MR) is 95.9 cm³/mol. The van der Waals surface area contributed by atoms with Crippen LogP contribution in [0.4, 0.5) is 5.69 Å². The van der Waals surface area contributed by atoms with Gasteiger partial charge in [0.25, 0.3) is 0 Å². The molecule has 5 heteroatoms. The molecule has 0 amide bonds. The fourth-order valence-corrected chi connectivity index (χ4v) is 3.34. The van der Waals surface area contributed by atoms with Crippen LogP contribution >= 0.6 is 12.2 Å². The van der Waals surface area contributed by atoms with Crippen LogP contribution in [0.5, 0.6) is 0 Å². The van der Waals surface area contributed by atoms with Crippen LogP contribution in [0.2, 0.25) is 0 Å². The lowest BCUT2D eigenvalue weighted by molar-refractivity contribution is -0.904. The number of benzene rings is 1. The van der Waals surface area contributed by atoms with Gasteiger partial charge in [0.2, 0.25) is 0 Å². The topological polar surface area (TPSA) is 31.2 Å². The first kappa shape index (κ1) is 17.2. The highest BCUT2D eigenvalue weighted by Crippen LogP contribution is 2.16. The van der Waals surface area contributed by atoms with Gasteiger partial charge in [0, 0.05) is 24.3 Å². The summed E-state index contributed by atoms with van der Waals surface area (Å²) in [7, 11) is 0. The molecule has 0 radical (unpaired) electrons. The molecule has 122 valence electrons. The van der Waals surface area contributed by atoms with E-state index in [9.17, 15) is 0 Å². The van der Waals surface area contributed by atoms with Crippen molar-refractivity contribution in [3.05, 3.63) is 29.8 Å². The molecule has 0 unspecified atom stereocenters. The maximum atomic E-state index is 9.02. The number of piperazine rings is 1. The van der Waals surface area contributed by atoms with Crippen molar-refractivity contribution < 1.29 is 10.0 Å². The first-order chi connectivity index (χ1) is 10.7. The lowest BCUT2D eigenvalue weighted by Crippen LogP contribution is -3.15. The first-order valence-electron chi connectivity index (χ1n) is 8.28. The fourth-order valence-electron chi connectivity index (χ4n) is 3.02. The number of aliphatic hydroxyl groups excluding tert-OH is 1. The SMILES string of the molecule is CCN(CC)c1ccc(C(=S)N2CC[NH+](CCO)CC2)cc1. The maximum absolute atomic E-state index is 9.02. The molecule has 2 rings (SSSR count). The van der Waals surface area contributed by atoms with Gasteiger partial charge >= 0.3 is 0 Å². The molecule has 0 aromatic heterocycles. The Morgan fingerprint density at radius 1 is 1.18 bits per heavy atom. The molecule has 0 aliphatic carbocycles. The van der Waals surface area contributed by atoms with E-state index in [0.717, 1.165) is 56.4 Å². The summed E-state index contributed by atoms with van der Waals surface area (Å²) in [6.07, 6.45) is 0. The monoisotopic (exact) mass is 322 g/mol. The number of nitrogens with zero attached hydrogens (tertiary/aromatic N) is 2. The Morgan fingerprint density at radius 3 is 2.27 bits per heavy atom. The Morgan fingerprint density at radius 2 is 1.77 bits per heavy atom. The van der Waals surface area contributed by atoms with Crippen molar-refractivity contribution in [1.82, 2.24) is 4.90 Å². The van der Waals surface area contributed by atoms with Gasteiger partial charge in [-0.25, -0.2) is 0 Å². The minimum atomic E-state index is 0.270. The molecule has 2 N–H and O–H groups in total. The number of aliphatic hydroxyl groups is 1. The van der Waals surface area contributed by atoms with Gasteiger partial charge < -0.3 is 19.8 Å². The normalized spacial score (nSPS) is 15.9. The molecule has 0 atom stereocenters. The van der Waals surface area contributed by atoms with E-state index >= 15 is 0 Å². The van der Waals surface area contributed by atoms with E-state index in [2.05, 4.69) is 47.9 Å².